The number of piperidine rings is 1. The summed E-state index contributed by atoms with van der Waals surface area (Å²) in [5.74, 6) is 0. The van der Waals surface area contributed by atoms with Crippen molar-refractivity contribution in [2.24, 2.45) is 0 Å². The summed E-state index contributed by atoms with van der Waals surface area (Å²) in [5, 5.41) is 2.01. The van der Waals surface area contributed by atoms with Crippen molar-refractivity contribution in [1.29, 1.82) is 0 Å². The molecule has 0 bridgehead atoms. The molecule has 3 N–H and O–H groups in total. The molecule has 1 aliphatic heterocycles. The number of quaternary nitrogens is 1. The van der Waals surface area contributed by atoms with Gasteiger partial charge in [0.2, 0.25) is 10.0 Å². The largest absolute Gasteiger partial charge is 1.00 e. The Balaban J connectivity index is 0.00000144. The Morgan fingerprint density at radius 1 is 1.38 bits per heavy atom. The van der Waals surface area contributed by atoms with Crippen molar-refractivity contribution in [3.05, 3.63) is 0 Å². The van der Waals surface area contributed by atoms with Gasteiger partial charge in [-0.3, -0.25) is 0 Å². The highest BCUT2D eigenvalue weighted by Gasteiger charge is 2.27. The summed E-state index contributed by atoms with van der Waals surface area (Å²) < 4.78 is 25.5. The zero-order chi connectivity index (χ0) is 9.03. The van der Waals surface area contributed by atoms with E-state index in [1.165, 1.54) is 0 Å². The molecule has 0 aliphatic carbocycles. The monoisotopic (exact) mass is 228 g/mol. The molecule has 0 aromatic heterocycles. The van der Waals surface area contributed by atoms with Gasteiger partial charge in [-0.2, -0.15) is 0 Å². The summed E-state index contributed by atoms with van der Waals surface area (Å²) in [6.45, 7) is 4.19. The van der Waals surface area contributed by atoms with Crippen LogP contribution in [0.15, 0.2) is 0 Å². The number of hydrogen-bond acceptors (Lipinski definition) is 2. The van der Waals surface area contributed by atoms with E-state index in [0.717, 1.165) is 25.9 Å². The minimum Gasteiger partial charge on any atom is -1.00 e. The number of rotatable bonds is 3. The van der Waals surface area contributed by atoms with Gasteiger partial charge in [0, 0.05) is 19.4 Å². The first-order chi connectivity index (χ1) is 5.67. The topological polar surface area (TPSA) is 62.8 Å². The molecule has 1 rings (SSSR count). The van der Waals surface area contributed by atoms with Gasteiger partial charge in [0.1, 0.15) is 0 Å². The molecule has 0 saturated carbocycles. The van der Waals surface area contributed by atoms with Gasteiger partial charge in [0.05, 0.1) is 18.3 Å². The highest BCUT2D eigenvalue weighted by molar-refractivity contribution is 7.90. The second-order valence-electron chi connectivity index (χ2n) is 3.11. The lowest BCUT2D eigenvalue weighted by Gasteiger charge is -2.20. The molecule has 4 nitrogen and oxygen atoms in total. The zero-order valence-corrected chi connectivity index (χ0v) is 9.37. The van der Waals surface area contributed by atoms with E-state index >= 15 is 0 Å². The van der Waals surface area contributed by atoms with Crippen LogP contribution in [0.25, 0.3) is 0 Å². The molecule has 0 radical (unpaired) electrons. The second-order valence-corrected chi connectivity index (χ2v) is 5.15. The van der Waals surface area contributed by atoms with Gasteiger partial charge in [-0.15, -0.1) is 0 Å². The third-order valence-corrected chi connectivity index (χ3v) is 4.21. The van der Waals surface area contributed by atoms with E-state index in [0.29, 0.717) is 6.54 Å². The number of hydrogen-bond donors (Lipinski definition) is 2. The van der Waals surface area contributed by atoms with Crippen LogP contribution >= 0.6 is 0 Å². The fraction of sp³-hybridized carbons (Fsp3) is 1.00. The molecule has 0 amide bonds. The lowest BCUT2D eigenvalue weighted by Crippen LogP contribution is -3.00. The van der Waals surface area contributed by atoms with Crippen molar-refractivity contribution in [3.8, 4) is 0 Å². The van der Waals surface area contributed by atoms with Gasteiger partial charge < -0.3 is 17.7 Å². The maximum atomic E-state index is 11.5. The Labute approximate surface area is 85.9 Å². The number of nitrogens with one attached hydrogen (secondary N) is 1. The Morgan fingerprint density at radius 3 is 2.38 bits per heavy atom. The second kappa shape index (κ2) is 5.80. The predicted molar refractivity (Wildman–Crippen MR) is 47.3 cm³/mol. The lowest BCUT2D eigenvalue weighted by molar-refractivity contribution is -0.661. The fourth-order valence-electron chi connectivity index (χ4n) is 1.53. The summed E-state index contributed by atoms with van der Waals surface area (Å²) in [6, 6.07) is 0. The Morgan fingerprint density at radius 2 is 1.92 bits per heavy atom. The third kappa shape index (κ3) is 3.81. The van der Waals surface area contributed by atoms with Crippen LogP contribution in [-0.2, 0) is 10.0 Å². The van der Waals surface area contributed by atoms with Gasteiger partial charge in [-0.05, 0) is 0 Å². The van der Waals surface area contributed by atoms with Crippen LogP contribution < -0.4 is 22.4 Å². The fourth-order valence-corrected chi connectivity index (χ4v) is 3.06. The molecule has 1 saturated heterocycles. The summed E-state index contributed by atoms with van der Waals surface area (Å²) in [6.07, 6.45) is 1.57. The molecule has 0 aromatic carbocycles. The lowest BCUT2D eigenvalue weighted by atomic mass is 10.2. The standard InChI is InChI=1S/C7H16N2O2S.ClH/c1-2-9-12(10,11)7-3-5-8-6-4-7;/h7-9H,2-6H2,1H3;1H. The van der Waals surface area contributed by atoms with Crippen LogP contribution in [0.3, 0.4) is 0 Å². The SMILES string of the molecule is CCNS(=O)(=O)C1CC[NH2+]CC1.[Cl-]. The normalized spacial score (nSPS) is 19.5. The van der Waals surface area contributed by atoms with E-state index in [4.69, 9.17) is 0 Å². The average molecular weight is 229 g/mol. The molecular weight excluding hydrogens is 212 g/mol. The van der Waals surface area contributed by atoms with E-state index in [-0.39, 0.29) is 17.7 Å². The summed E-state index contributed by atoms with van der Waals surface area (Å²) in [7, 11) is -3.00. The van der Waals surface area contributed by atoms with Crippen molar-refractivity contribution in [2.75, 3.05) is 19.6 Å². The van der Waals surface area contributed by atoms with Crippen LogP contribution in [0.5, 0.6) is 0 Å². The Bertz CT molecular complexity index is 225. The average Bonchev–Trinajstić information content (AvgIpc) is 2.06. The van der Waals surface area contributed by atoms with E-state index in [2.05, 4.69) is 10.0 Å². The van der Waals surface area contributed by atoms with Gasteiger partial charge in [-0.25, -0.2) is 13.1 Å². The summed E-state index contributed by atoms with van der Waals surface area (Å²) in [4.78, 5) is 0. The number of nitrogens with two attached hydrogens (primary N) is 1. The first-order valence-corrected chi connectivity index (χ1v) is 6.01. The minimum atomic E-state index is -3.00. The van der Waals surface area contributed by atoms with Gasteiger partial charge >= 0.3 is 0 Å². The zero-order valence-electron chi connectivity index (χ0n) is 7.79. The van der Waals surface area contributed by atoms with E-state index in [1.54, 1.807) is 0 Å². The van der Waals surface area contributed by atoms with E-state index in [1.807, 2.05) is 6.92 Å². The molecule has 0 atom stereocenters. The quantitative estimate of drug-likeness (QED) is 0.513. The Hall–Kier alpha value is 0.160. The molecule has 13 heavy (non-hydrogen) atoms. The molecule has 0 spiro atoms. The van der Waals surface area contributed by atoms with Crippen molar-refractivity contribution in [1.82, 2.24) is 4.72 Å². The van der Waals surface area contributed by atoms with Gasteiger partial charge in [-0.1, -0.05) is 6.92 Å². The first-order valence-electron chi connectivity index (χ1n) is 4.47. The molecule has 1 fully saturated rings. The number of halogens is 1. The van der Waals surface area contributed by atoms with Crippen molar-refractivity contribution >= 4 is 10.0 Å². The van der Waals surface area contributed by atoms with Crippen molar-refractivity contribution in [3.63, 3.8) is 0 Å². The molecule has 1 heterocycles. The maximum Gasteiger partial charge on any atom is 0.214 e. The van der Waals surface area contributed by atoms with Crippen molar-refractivity contribution in [2.45, 2.75) is 25.0 Å². The molecule has 80 valence electrons. The third-order valence-electron chi connectivity index (χ3n) is 2.17. The maximum absolute atomic E-state index is 11.5. The van der Waals surface area contributed by atoms with Crippen molar-refractivity contribution < 1.29 is 26.1 Å². The number of sulfonamides is 1. The molecule has 1 aliphatic rings. The van der Waals surface area contributed by atoms with Gasteiger partial charge in [0.15, 0.2) is 0 Å². The highest BCUT2D eigenvalue weighted by atomic mass is 35.5. The highest BCUT2D eigenvalue weighted by Crippen LogP contribution is 2.08. The smallest absolute Gasteiger partial charge is 0.214 e. The van der Waals surface area contributed by atoms with Crippen LogP contribution in [0, 0.1) is 0 Å². The molecule has 0 aromatic rings. The van der Waals surface area contributed by atoms with Crippen LogP contribution in [0.2, 0.25) is 0 Å². The van der Waals surface area contributed by atoms with Crippen LogP contribution in [0.1, 0.15) is 19.8 Å². The van der Waals surface area contributed by atoms with Crippen LogP contribution in [0.4, 0.5) is 0 Å². The summed E-state index contributed by atoms with van der Waals surface area (Å²) in [5.41, 5.74) is 0. The van der Waals surface area contributed by atoms with Crippen LogP contribution in [-0.4, -0.2) is 33.3 Å². The Kier molecular flexibility index (Phi) is 5.87. The van der Waals surface area contributed by atoms with Gasteiger partial charge in [0.25, 0.3) is 0 Å². The predicted octanol–water partition coefficient (Wildman–Crippen LogP) is -4.34. The molecule has 6 heteroatoms. The van der Waals surface area contributed by atoms with E-state index in [9.17, 15) is 8.42 Å². The summed E-state index contributed by atoms with van der Waals surface area (Å²) >= 11 is 0. The van der Waals surface area contributed by atoms with E-state index < -0.39 is 10.0 Å². The molecular formula is C7H17ClN2O2S. The first kappa shape index (κ1) is 13.2. The molecule has 0 unspecified atom stereocenters. The minimum absolute atomic E-state index is 0.